The molecular formula is C9H10N6. The number of nitrogens with one attached hydrogen (secondary N) is 1. The average Bonchev–Trinajstić information content (AvgIpc) is 2.93. The van der Waals surface area contributed by atoms with Crippen LogP contribution in [0.2, 0.25) is 0 Å². The second kappa shape index (κ2) is 3.01. The fourth-order valence-electron chi connectivity index (χ4n) is 1.50. The number of hydrogen-bond acceptors (Lipinski definition) is 5. The fraction of sp³-hybridized carbons (Fsp3) is 0.333. The molecule has 0 amide bonds. The summed E-state index contributed by atoms with van der Waals surface area (Å²) in [5.74, 6) is 1.59. The van der Waals surface area contributed by atoms with Crippen molar-refractivity contribution >= 4 is 5.82 Å². The van der Waals surface area contributed by atoms with E-state index in [1.807, 2.05) is 6.07 Å². The molecule has 1 saturated carbocycles. The number of nitrogen functional groups attached to an aromatic ring is 1. The maximum atomic E-state index is 5.72. The Labute approximate surface area is 85.9 Å². The van der Waals surface area contributed by atoms with Crippen LogP contribution in [0.25, 0.3) is 11.5 Å². The first-order chi connectivity index (χ1) is 7.33. The molecule has 0 aromatic carbocycles. The molecule has 15 heavy (non-hydrogen) atoms. The Morgan fingerprint density at radius 3 is 2.87 bits per heavy atom. The standard InChI is InChI=1S/C9H10N6/c10-8-3-6(5-1-2-5)12-9(13-8)7-4-11-15-14-7/h3-5H,1-2H2,(H2,10,12,13)(H,11,14,15). The highest BCUT2D eigenvalue weighted by molar-refractivity contribution is 5.50. The number of hydrogen-bond donors (Lipinski definition) is 2. The van der Waals surface area contributed by atoms with Gasteiger partial charge in [-0.05, 0) is 12.8 Å². The third-order valence-corrected chi connectivity index (χ3v) is 2.41. The quantitative estimate of drug-likeness (QED) is 0.748. The molecule has 0 unspecified atom stereocenters. The molecule has 2 aromatic heterocycles. The lowest BCUT2D eigenvalue weighted by atomic mass is 10.2. The van der Waals surface area contributed by atoms with Gasteiger partial charge in [-0.2, -0.15) is 15.4 Å². The fourth-order valence-corrected chi connectivity index (χ4v) is 1.50. The van der Waals surface area contributed by atoms with Crippen molar-refractivity contribution in [2.24, 2.45) is 0 Å². The van der Waals surface area contributed by atoms with E-state index in [0.717, 1.165) is 5.69 Å². The number of H-pyrrole nitrogens is 1. The molecule has 0 aliphatic heterocycles. The molecule has 0 bridgehead atoms. The third kappa shape index (κ3) is 1.54. The van der Waals surface area contributed by atoms with Gasteiger partial charge in [0.05, 0.1) is 6.20 Å². The van der Waals surface area contributed by atoms with Gasteiger partial charge in [0.2, 0.25) is 0 Å². The van der Waals surface area contributed by atoms with E-state index in [-0.39, 0.29) is 0 Å². The number of aromatic nitrogens is 5. The van der Waals surface area contributed by atoms with E-state index in [9.17, 15) is 0 Å². The Hall–Kier alpha value is -1.98. The second-order valence-corrected chi connectivity index (χ2v) is 3.67. The van der Waals surface area contributed by atoms with Crippen LogP contribution in [0.3, 0.4) is 0 Å². The van der Waals surface area contributed by atoms with E-state index < -0.39 is 0 Å². The number of anilines is 1. The summed E-state index contributed by atoms with van der Waals surface area (Å²) in [6.45, 7) is 0. The molecule has 6 nitrogen and oxygen atoms in total. The molecule has 1 fully saturated rings. The second-order valence-electron chi connectivity index (χ2n) is 3.67. The largest absolute Gasteiger partial charge is 0.384 e. The Kier molecular flexibility index (Phi) is 1.67. The monoisotopic (exact) mass is 202 g/mol. The summed E-state index contributed by atoms with van der Waals surface area (Å²) in [7, 11) is 0. The molecule has 1 aliphatic carbocycles. The molecule has 1 aliphatic rings. The molecule has 0 radical (unpaired) electrons. The Bertz CT molecular complexity index is 473. The zero-order valence-corrected chi connectivity index (χ0v) is 8.01. The minimum atomic E-state index is 0.491. The van der Waals surface area contributed by atoms with E-state index >= 15 is 0 Å². The molecule has 76 valence electrons. The maximum absolute atomic E-state index is 5.72. The van der Waals surface area contributed by atoms with Gasteiger partial charge in [-0.15, -0.1) is 0 Å². The first-order valence-corrected chi connectivity index (χ1v) is 4.83. The van der Waals surface area contributed by atoms with Crippen LogP contribution in [0.15, 0.2) is 12.3 Å². The molecule has 0 spiro atoms. The zero-order chi connectivity index (χ0) is 10.3. The molecule has 2 heterocycles. The van der Waals surface area contributed by atoms with Crippen molar-refractivity contribution in [2.45, 2.75) is 18.8 Å². The van der Waals surface area contributed by atoms with Gasteiger partial charge in [0.1, 0.15) is 11.5 Å². The van der Waals surface area contributed by atoms with Gasteiger partial charge in [0.15, 0.2) is 5.82 Å². The number of aromatic amines is 1. The summed E-state index contributed by atoms with van der Waals surface area (Å²) in [5.41, 5.74) is 7.36. The SMILES string of the molecule is Nc1cc(C2CC2)nc(-c2cn[nH]n2)n1. The number of nitrogens with two attached hydrogens (primary N) is 1. The van der Waals surface area contributed by atoms with Crippen LogP contribution in [-0.2, 0) is 0 Å². The van der Waals surface area contributed by atoms with Crippen molar-refractivity contribution in [3.8, 4) is 11.5 Å². The highest BCUT2D eigenvalue weighted by Crippen LogP contribution is 2.39. The molecule has 2 aromatic rings. The lowest BCUT2D eigenvalue weighted by Gasteiger charge is -2.01. The lowest BCUT2D eigenvalue weighted by molar-refractivity contribution is 0.933. The molecule has 0 saturated heterocycles. The third-order valence-electron chi connectivity index (χ3n) is 2.41. The smallest absolute Gasteiger partial charge is 0.183 e. The predicted molar refractivity (Wildman–Crippen MR) is 53.8 cm³/mol. The lowest BCUT2D eigenvalue weighted by Crippen LogP contribution is -1.99. The van der Waals surface area contributed by atoms with Crippen molar-refractivity contribution in [1.82, 2.24) is 25.4 Å². The number of rotatable bonds is 2. The van der Waals surface area contributed by atoms with Crippen molar-refractivity contribution < 1.29 is 0 Å². The number of nitrogens with zero attached hydrogens (tertiary/aromatic N) is 4. The molecule has 3 N–H and O–H groups in total. The highest BCUT2D eigenvalue weighted by Gasteiger charge is 2.26. The zero-order valence-electron chi connectivity index (χ0n) is 8.01. The van der Waals surface area contributed by atoms with Gasteiger partial charge in [-0.1, -0.05) is 0 Å². The van der Waals surface area contributed by atoms with Crippen molar-refractivity contribution in [2.75, 3.05) is 5.73 Å². The molecule has 6 heteroatoms. The summed E-state index contributed by atoms with van der Waals surface area (Å²) >= 11 is 0. The molecule has 0 atom stereocenters. The van der Waals surface area contributed by atoms with Crippen LogP contribution >= 0.6 is 0 Å². The van der Waals surface area contributed by atoms with Crippen LogP contribution < -0.4 is 5.73 Å². The van der Waals surface area contributed by atoms with Crippen molar-refractivity contribution in [3.05, 3.63) is 18.0 Å². The minimum absolute atomic E-state index is 0.491. The maximum Gasteiger partial charge on any atom is 0.183 e. The van der Waals surface area contributed by atoms with Crippen molar-refractivity contribution in [3.63, 3.8) is 0 Å². The van der Waals surface area contributed by atoms with Gasteiger partial charge in [-0.3, -0.25) is 0 Å². The molecule has 3 rings (SSSR count). The summed E-state index contributed by atoms with van der Waals surface area (Å²) in [5, 5.41) is 10.2. The summed E-state index contributed by atoms with van der Waals surface area (Å²) in [6, 6.07) is 1.83. The average molecular weight is 202 g/mol. The van der Waals surface area contributed by atoms with E-state index in [4.69, 9.17) is 5.73 Å². The summed E-state index contributed by atoms with van der Waals surface area (Å²) in [4.78, 5) is 8.56. The van der Waals surface area contributed by atoms with E-state index in [1.165, 1.54) is 12.8 Å². The van der Waals surface area contributed by atoms with Gasteiger partial charge in [-0.25, -0.2) is 9.97 Å². The predicted octanol–water partition coefficient (Wildman–Crippen LogP) is 0.721. The van der Waals surface area contributed by atoms with Crippen LogP contribution in [0.5, 0.6) is 0 Å². The van der Waals surface area contributed by atoms with Gasteiger partial charge in [0.25, 0.3) is 0 Å². The first kappa shape index (κ1) is 8.34. The first-order valence-electron chi connectivity index (χ1n) is 4.83. The van der Waals surface area contributed by atoms with Crippen LogP contribution in [-0.4, -0.2) is 25.4 Å². The normalized spacial score (nSPS) is 15.5. The topological polar surface area (TPSA) is 93.4 Å². The van der Waals surface area contributed by atoms with Crippen molar-refractivity contribution in [1.29, 1.82) is 0 Å². The Morgan fingerprint density at radius 1 is 1.33 bits per heavy atom. The minimum Gasteiger partial charge on any atom is -0.384 e. The summed E-state index contributed by atoms with van der Waals surface area (Å²) < 4.78 is 0. The van der Waals surface area contributed by atoms with Gasteiger partial charge >= 0.3 is 0 Å². The van der Waals surface area contributed by atoms with E-state index in [0.29, 0.717) is 23.3 Å². The van der Waals surface area contributed by atoms with Crippen LogP contribution in [0.1, 0.15) is 24.5 Å². The molecular weight excluding hydrogens is 192 g/mol. The van der Waals surface area contributed by atoms with Crippen LogP contribution in [0, 0.1) is 0 Å². The Balaban J connectivity index is 2.07. The summed E-state index contributed by atoms with van der Waals surface area (Å²) in [6.07, 6.45) is 3.97. The van der Waals surface area contributed by atoms with Gasteiger partial charge < -0.3 is 5.73 Å². The van der Waals surface area contributed by atoms with E-state index in [1.54, 1.807) is 6.20 Å². The van der Waals surface area contributed by atoms with E-state index in [2.05, 4.69) is 25.4 Å². The van der Waals surface area contributed by atoms with Crippen LogP contribution in [0.4, 0.5) is 5.82 Å². The Morgan fingerprint density at radius 2 is 2.20 bits per heavy atom. The van der Waals surface area contributed by atoms with Gasteiger partial charge in [0, 0.05) is 17.7 Å². The highest BCUT2D eigenvalue weighted by atomic mass is 15.3.